The lowest BCUT2D eigenvalue weighted by molar-refractivity contribution is 0.0622. The Morgan fingerprint density at radius 1 is 1.20 bits per heavy atom. The fourth-order valence-electron chi connectivity index (χ4n) is 2.61. The van der Waals surface area contributed by atoms with Gasteiger partial charge < -0.3 is 19.7 Å². The molecule has 0 aromatic carbocycles. The molecule has 4 heteroatoms. The fourth-order valence-corrected chi connectivity index (χ4v) is 2.61. The van der Waals surface area contributed by atoms with Crippen LogP contribution in [0.2, 0.25) is 0 Å². The zero-order valence-electron chi connectivity index (χ0n) is 13.9. The summed E-state index contributed by atoms with van der Waals surface area (Å²) in [6, 6.07) is 0. The van der Waals surface area contributed by atoms with Crippen LogP contribution in [-0.4, -0.2) is 63.5 Å². The van der Waals surface area contributed by atoms with Gasteiger partial charge in [0, 0.05) is 32.3 Å². The molecule has 1 N–H and O–H groups in total. The summed E-state index contributed by atoms with van der Waals surface area (Å²) >= 11 is 0. The zero-order chi connectivity index (χ0) is 14.8. The van der Waals surface area contributed by atoms with Crippen LogP contribution in [0.15, 0.2) is 0 Å². The molecule has 0 aliphatic carbocycles. The van der Waals surface area contributed by atoms with Gasteiger partial charge in [-0.25, -0.2) is 0 Å². The summed E-state index contributed by atoms with van der Waals surface area (Å²) < 4.78 is 10.5. The lowest BCUT2D eigenvalue weighted by Gasteiger charge is -2.34. The first-order chi connectivity index (χ1) is 9.51. The lowest BCUT2D eigenvalue weighted by Crippen LogP contribution is -2.44. The Hall–Kier alpha value is -0.160. The molecule has 0 spiro atoms. The Labute approximate surface area is 125 Å². The highest BCUT2D eigenvalue weighted by Crippen LogP contribution is 2.16. The molecule has 1 aliphatic rings. The van der Waals surface area contributed by atoms with Crippen LogP contribution >= 0.6 is 0 Å². The van der Waals surface area contributed by atoms with Gasteiger partial charge in [-0.2, -0.15) is 0 Å². The van der Waals surface area contributed by atoms with Gasteiger partial charge in [0.15, 0.2) is 0 Å². The lowest BCUT2D eigenvalue weighted by atomic mass is 9.96. The van der Waals surface area contributed by atoms with Crippen molar-refractivity contribution in [1.29, 1.82) is 0 Å². The van der Waals surface area contributed by atoms with Crippen molar-refractivity contribution in [3.05, 3.63) is 0 Å². The molecule has 0 saturated carbocycles. The van der Waals surface area contributed by atoms with Gasteiger partial charge in [-0.05, 0) is 59.0 Å². The molecule has 0 bridgehead atoms. The van der Waals surface area contributed by atoms with Gasteiger partial charge in [0.25, 0.3) is 0 Å². The van der Waals surface area contributed by atoms with E-state index in [1.54, 1.807) is 7.11 Å². The number of methoxy groups -OCH3 is 1. The van der Waals surface area contributed by atoms with Gasteiger partial charge >= 0.3 is 0 Å². The number of hydrogen-bond acceptors (Lipinski definition) is 4. The van der Waals surface area contributed by atoms with Crippen molar-refractivity contribution in [2.45, 2.75) is 45.6 Å². The van der Waals surface area contributed by atoms with E-state index in [0.29, 0.717) is 13.2 Å². The minimum Gasteiger partial charge on any atom is -0.382 e. The quantitative estimate of drug-likeness (QED) is 0.659. The van der Waals surface area contributed by atoms with Crippen molar-refractivity contribution < 1.29 is 9.47 Å². The first kappa shape index (κ1) is 17.9. The predicted octanol–water partition coefficient (Wildman–Crippen LogP) is 2.14. The van der Waals surface area contributed by atoms with E-state index in [1.165, 1.54) is 32.5 Å². The molecule has 20 heavy (non-hydrogen) atoms. The summed E-state index contributed by atoms with van der Waals surface area (Å²) in [5.41, 5.74) is 0.234. The first-order valence-corrected chi connectivity index (χ1v) is 8.05. The van der Waals surface area contributed by atoms with Crippen molar-refractivity contribution in [2.24, 2.45) is 5.92 Å². The van der Waals surface area contributed by atoms with Gasteiger partial charge in [-0.15, -0.1) is 0 Å². The topological polar surface area (TPSA) is 33.7 Å². The summed E-state index contributed by atoms with van der Waals surface area (Å²) in [4.78, 5) is 2.60. The van der Waals surface area contributed by atoms with Crippen LogP contribution in [-0.2, 0) is 9.47 Å². The maximum absolute atomic E-state index is 5.52. The molecule has 1 heterocycles. The van der Waals surface area contributed by atoms with Crippen LogP contribution in [0.5, 0.6) is 0 Å². The standard InChI is InChI=1S/C16H34N2O2/c1-16(2,3)17-13-15-7-5-8-18(14-15)9-6-10-20-12-11-19-4/h15,17H,5-14H2,1-4H3. The molecule has 1 saturated heterocycles. The molecule has 1 atom stereocenters. The Balaban J connectivity index is 2.08. The van der Waals surface area contributed by atoms with Crippen LogP contribution < -0.4 is 5.32 Å². The SMILES string of the molecule is COCCOCCCN1CCCC(CNC(C)(C)C)C1. The second-order valence-electron chi connectivity index (χ2n) is 6.90. The van der Waals surface area contributed by atoms with E-state index in [1.807, 2.05) is 0 Å². The summed E-state index contributed by atoms with van der Waals surface area (Å²) in [7, 11) is 1.71. The molecular weight excluding hydrogens is 252 g/mol. The van der Waals surface area contributed by atoms with E-state index >= 15 is 0 Å². The number of hydrogen-bond donors (Lipinski definition) is 1. The van der Waals surface area contributed by atoms with Gasteiger partial charge in [-0.1, -0.05) is 0 Å². The molecule has 120 valence electrons. The highest BCUT2D eigenvalue weighted by atomic mass is 16.5. The van der Waals surface area contributed by atoms with Crippen molar-refractivity contribution in [1.82, 2.24) is 10.2 Å². The highest BCUT2D eigenvalue weighted by Gasteiger charge is 2.21. The maximum atomic E-state index is 5.52. The van der Waals surface area contributed by atoms with E-state index in [9.17, 15) is 0 Å². The largest absolute Gasteiger partial charge is 0.382 e. The third-order valence-corrected chi connectivity index (χ3v) is 3.72. The molecule has 0 radical (unpaired) electrons. The van der Waals surface area contributed by atoms with Crippen molar-refractivity contribution >= 4 is 0 Å². The third-order valence-electron chi connectivity index (χ3n) is 3.72. The van der Waals surface area contributed by atoms with E-state index in [0.717, 1.165) is 25.5 Å². The number of rotatable bonds is 9. The van der Waals surface area contributed by atoms with Crippen LogP contribution in [0, 0.1) is 5.92 Å². The molecule has 4 nitrogen and oxygen atoms in total. The molecule has 1 aliphatic heterocycles. The molecular formula is C16H34N2O2. The molecule has 0 amide bonds. The summed E-state index contributed by atoms with van der Waals surface area (Å²) in [6.45, 7) is 13.8. The summed E-state index contributed by atoms with van der Waals surface area (Å²) in [5.74, 6) is 0.803. The second-order valence-corrected chi connectivity index (χ2v) is 6.90. The smallest absolute Gasteiger partial charge is 0.0700 e. The van der Waals surface area contributed by atoms with Crippen LogP contribution in [0.1, 0.15) is 40.0 Å². The summed E-state index contributed by atoms with van der Waals surface area (Å²) in [6.07, 6.45) is 3.83. The first-order valence-electron chi connectivity index (χ1n) is 8.05. The minimum absolute atomic E-state index is 0.234. The monoisotopic (exact) mass is 286 g/mol. The van der Waals surface area contributed by atoms with Crippen molar-refractivity contribution in [3.63, 3.8) is 0 Å². The minimum atomic E-state index is 0.234. The number of nitrogens with one attached hydrogen (secondary N) is 1. The van der Waals surface area contributed by atoms with E-state index < -0.39 is 0 Å². The Morgan fingerprint density at radius 3 is 2.70 bits per heavy atom. The molecule has 1 fully saturated rings. The Kier molecular flexibility index (Phi) is 8.69. The number of ether oxygens (including phenoxy) is 2. The van der Waals surface area contributed by atoms with Crippen molar-refractivity contribution in [2.75, 3.05) is 53.1 Å². The number of likely N-dealkylation sites (tertiary alicyclic amines) is 1. The van der Waals surface area contributed by atoms with E-state index in [2.05, 4.69) is 31.0 Å². The molecule has 1 rings (SSSR count). The Morgan fingerprint density at radius 2 is 2.00 bits per heavy atom. The average molecular weight is 286 g/mol. The molecule has 0 aromatic rings. The number of nitrogens with zero attached hydrogens (tertiary/aromatic N) is 1. The molecule has 1 unspecified atom stereocenters. The maximum Gasteiger partial charge on any atom is 0.0700 e. The van der Waals surface area contributed by atoms with Crippen molar-refractivity contribution in [3.8, 4) is 0 Å². The fraction of sp³-hybridized carbons (Fsp3) is 1.00. The van der Waals surface area contributed by atoms with Gasteiger partial charge in [0.1, 0.15) is 0 Å². The summed E-state index contributed by atoms with van der Waals surface area (Å²) in [5, 5.41) is 3.64. The highest BCUT2D eigenvalue weighted by molar-refractivity contribution is 4.78. The second kappa shape index (κ2) is 9.72. The van der Waals surface area contributed by atoms with Gasteiger partial charge in [0.05, 0.1) is 13.2 Å². The zero-order valence-corrected chi connectivity index (χ0v) is 13.9. The van der Waals surface area contributed by atoms with Gasteiger partial charge in [-0.3, -0.25) is 0 Å². The number of piperidine rings is 1. The average Bonchev–Trinajstić information content (AvgIpc) is 2.40. The molecule has 0 aromatic heterocycles. The predicted molar refractivity (Wildman–Crippen MR) is 84.2 cm³/mol. The van der Waals surface area contributed by atoms with Gasteiger partial charge in [0.2, 0.25) is 0 Å². The van der Waals surface area contributed by atoms with Crippen LogP contribution in [0.25, 0.3) is 0 Å². The van der Waals surface area contributed by atoms with Crippen LogP contribution in [0.4, 0.5) is 0 Å². The van der Waals surface area contributed by atoms with E-state index in [4.69, 9.17) is 9.47 Å². The normalized spacial score (nSPS) is 21.3. The van der Waals surface area contributed by atoms with E-state index in [-0.39, 0.29) is 5.54 Å². The Bertz CT molecular complexity index is 241. The third kappa shape index (κ3) is 8.90. The van der Waals surface area contributed by atoms with Crippen LogP contribution in [0.3, 0.4) is 0 Å².